The van der Waals surface area contributed by atoms with Gasteiger partial charge in [0.15, 0.2) is 0 Å². The van der Waals surface area contributed by atoms with E-state index in [1.807, 2.05) is 11.8 Å². The molecule has 0 saturated carbocycles. The van der Waals surface area contributed by atoms with Crippen LogP contribution in [0.5, 0.6) is 0 Å². The van der Waals surface area contributed by atoms with E-state index in [9.17, 15) is 0 Å². The third-order valence-electron chi connectivity index (χ3n) is 2.84. The lowest BCUT2D eigenvalue weighted by atomic mass is 9.95. The van der Waals surface area contributed by atoms with Gasteiger partial charge in [-0.05, 0) is 44.4 Å². The average molecular weight is 230 g/mol. The smallest absolute Gasteiger partial charge is 0.0238 e. The van der Waals surface area contributed by atoms with Gasteiger partial charge < -0.3 is 0 Å². The molecule has 0 fully saturated rings. The molecular weight excluding hydrogens is 212 g/mol. The second-order valence-electron chi connectivity index (χ2n) is 4.65. The maximum atomic E-state index is 2.25. The molecule has 0 nitrogen and oxygen atoms in total. The summed E-state index contributed by atoms with van der Waals surface area (Å²) in [4.78, 5) is 1.47. The first-order valence-corrected chi connectivity index (χ1v) is 6.66. The lowest BCUT2D eigenvalue weighted by molar-refractivity contribution is 1.29. The van der Waals surface area contributed by atoms with Crippen LogP contribution >= 0.6 is 11.8 Å². The van der Waals surface area contributed by atoms with Gasteiger partial charge in [0.05, 0.1) is 0 Å². The highest BCUT2D eigenvalue weighted by Gasteiger charge is 2.20. The van der Waals surface area contributed by atoms with Gasteiger partial charge in [-0.3, -0.25) is 0 Å². The van der Waals surface area contributed by atoms with Crippen LogP contribution in [0, 0.1) is 0 Å². The van der Waals surface area contributed by atoms with E-state index in [1.54, 1.807) is 0 Å². The van der Waals surface area contributed by atoms with Gasteiger partial charge in [-0.25, -0.2) is 0 Å². The molecule has 0 aliphatic carbocycles. The fraction of sp³-hybridized carbons (Fsp3) is 0.333. The Morgan fingerprint density at radius 1 is 1.00 bits per heavy atom. The molecule has 84 valence electrons. The molecule has 1 aliphatic rings. The molecule has 0 radical (unpaired) electrons. The van der Waals surface area contributed by atoms with Crippen molar-refractivity contribution < 1.29 is 0 Å². The van der Waals surface area contributed by atoms with Crippen molar-refractivity contribution in [3.63, 3.8) is 0 Å². The summed E-state index contributed by atoms with van der Waals surface area (Å²) in [6.45, 7) is 8.83. The highest BCUT2D eigenvalue weighted by atomic mass is 32.2. The maximum Gasteiger partial charge on any atom is 0.0238 e. The largest absolute Gasteiger partial charge is 0.121 e. The lowest BCUT2D eigenvalue weighted by Crippen LogP contribution is -2.02. The molecule has 0 unspecified atom stereocenters. The van der Waals surface area contributed by atoms with Gasteiger partial charge in [0.2, 0.25) is 0 Å². The molecule has 1 aromatic rings. The van der Waals surface area contributed by atoms with Crippen molar-refractivity contribution in [3.05, 3.63) is 51.4 Å². The van der Waals surface area contributed by atoms with Crippen molar-refractivity contribution in [1.82, 2.24) is 0 Å². The molecule has 1 aromatic carbocycles. The first-order valence-electron chi connectivity index (χ1n) is 5.67. The van der Waals surface area contributed by atoms with Crippen LogP contribution in [0.25, 0.3) is 5.57 Å². The highest BCUT2D eigenvalue weighted by Crippen LogP contribution is 2.44. The number of hydrogen-bond donors (Lipinski definition) is 0. The molecule has 1 heterocycles. The van der Waals surface area contributed by atoms with Crippen LogP contribution in [0.15, 0.2) is 40.3 Å². The fourth-order valence-corrected chi connectivity index (χ4v) is 3.42. The molecule has 0 bridgehead atoms. The van der Waals surface area contributed by atoms with E-state index in [4.69, 9.17) is 0 Å². The Morgan fingerprint density at radius 3 is 2.31 bits per heavy atom. The molecule has 1 aliphatic heterocycles. The molecule has 16 heavy (non-hydrogen) atoms. The van der Waals surface area contributed by atoms with E-state index in [1.165, 1.54) is 32.8 Å². The highest BCUT2D eigenvalue weighted by molar-refractivity contribution is 8.03. The SMILES string of the molecule is CC(C)=C1SCc2ccccc2C1=C(C)C. The Kier molecular flexibility index (Phi) is 3.25. The first kappa shape index (κ1) is 11.5. The molecule has 0 atom stereocenters. The lowest BCUT2D eigenvalue weighted by Gasteiger charge is -2.24. The van der Waals surface area contributed by atoms with E-state index < -0.39 is 0 Å². The summed E-state index contributed by atoms with van der Waals surface area (Å²) in [5, 5.41) is 0. The van der Waals surface area contributed by atoms with E-state index in [0.29, 0.717) is 0 Å². The Bertz CT molecular complexity index is 470. The average Bonchev–Trinajstić information content (AvgIpc) is 2.27. The van der Waals surface area contributed by atoms with E-state index in [2.05, 4.69) is 52.0 Å². The van der Waals surface area contributed by atoms with Crippen LogP contribution in [0.3, 0.4) is 0 Å². The number of thioether (sulfide) groups is 1. The van der Waals surface area contributed by atoms with Gasteiger partial charge in [0.1, 0.15) is 0 Å². The summed E-state index contributed by atoms with van der Waals surface area (Å²) in [5.41, 5.74) is 7.18. The minimum Gasteiger partial charge on any atom is -0.121 e. The van der Waals surface area contributed by atoms with Crippen LogP contribution in [-0.4, -0.2) is 0 Å². The third kappa shape index (κ3) is 1.97. The van der Waals surface area contributed by atoms with Gasteiger partial charge in [0.25, 0.3) is 0 Å². The van der Waals surface area contributed by atoms with Gasteiger partial charge >= 0.3 is 0 Å². The second kappa shape index (κ2) is 4.50. The zero-order valence-electron chi connectivity index (χ0n) is 10.4. The van der Waals surface area contributed by atoms with Crippen LogP contribution in [0.4, 0.5) is 0 Å². The predicted molar refractivity (Wildman–Crippen MR) is 74.4 cm³/mol. The molecule has 1 heteroatoms. The topological polar surface area (TPSA) is 0 Å². The van der Waals surface area contributed by atoms with Crippen molar-refractivity contribution >= 4 is 17.3 Å². The molecular formula is C15H18S. The van der Waals surface area contributed by atoms with E-state index in [0.717, 1.165) is 5.75 Å². The van der Waals surface area contributed by atoms with Crippen molar-refractivity contribution in [3.8, 4) is 0 Å². The molecule has 0 amide bonds. The Hall–Kier alpha value is -0.950. The van der Waals surface area contributed by atoms with Crippen molar-refractivity contribution in [1.29, 1.82) is 0 Å². The quantitative estimate of drug-likeness (QED) is 0.603. The minimum absolute atomic E-state index is 1.10. The van der Waals surface area contributed by atoms with Crippen LogP contribution in [0.2, 0.25) is 0 Å². The van der Waals surface area contributed by atoms with Gasteiger partial charge in [-0.2, -0.15) is 0 Å². The van der Waals surface area contributed by atoms with E-state index >= 15 is 0 Å². The van der Waals surface area contributed by atoms with Crippen molar-refractivity contribution in [2.45, 2.75) is 33.4 Å². The van der Waals surface area contributed by atoms with Crippen LogP contribution in [0.1, 0.15) is 38.8 Å². The zero-order valence-corrected chi connectivity index (χ0v) is 11.2. The van der Waals surface area contributed by atoms with Crippen LogP contribution < -0.4 is 0 Å². The number of rotatable bonds is 0. The number of benzene rings is 1. The maximum absolute atomic E-state index is 2.25. The summed E-state index contributed by atoms with van der Waals surface area (Å²) in [6, 6.07) is 8.77. The van der Waals surface area contributed by atoms with Gasteiger partial charge in [-0.1, -0.05) is 35.4 Å². The Labute approximate surface area is 102 Å². The van der Waals surface area contributed by atoms with Crippen molar-refractivity contribution in [2.75, 3.05) is 0 Å². The van der Waals surface area contributed by atoms with Gasteiger partial charge in [0, 0.05) is 10.7 Å². The van der Waals surface area contributed by atoms with Gasteiger partial charge in [-0.15, -0.1) is 11.8 Å². The zero-order chi connectivity index (χ0) is 11.7. The summed E-state index contributed by atoms with van der Waals surface area (Å²) >= 11 is 1.97. The van der Waals surface area contributed by atoms with E-state index in [-0.39, 0.29) is 0 Å². The third-order valence-corrected chi connectivity index (χ3v) is 4.20. The normalized spacial score (nSPS) is 14.8. The standard InChI is InChI=1S/C15H18S/c1-10(2)14-13-8-6-5-7-12(13)9-16-15(14)11(3)4/h5-8H,9H2,1-4H3. The second-order valence-corrected chi connectivity index (χ2v) is 5.64. The number of hydrogen-bond acceptors (Lipinski definition) is 1. The van der Waals surface area contributed by atoms with Crippen molar-refractivity contribution in [2.24, 2.45) is 0 Å². The number of allylic oxidation sites excluding steroid dienone is 3. The fourth-order valence-electron chi connectivity index (χ4n) is 2.13. The molecule has 0 aromatic heterocycles. The Morgan fingerprint density at radius 2 is 1.69 bits per heavy atom. The summed E-state index contributed by atoms with van der Waals surface area (Å²) < 4.78 is 0. The summed E-state index contributed by atoms with van der Waals surface area (Å²) in [7, 11) is 0. The first-order chi connectivity index (χ1) is 7.61. The molecule has 2 rings (SSSR count). The Balaban J connectivity index is 2.68. The molecule has 0 N–H and O–H groups in total. The summed E-state index contributed by atoms with van der Waals surface area (Å²) in [6.07, 6.45) is 0. The predicted octanol–water partition coefficient (Wildman–Crippen LogP) is 5.02. The summed E-state index contributed by atoms with van der Waals surface area (Å²) in [5.74, 6) is 1.10. The monoisotopic (exact) mass is 230 g/mol. The molecule has 0 saturated heterocycles. The number of fused-ring (bicyclic) bond motifs is 1. The molecule has 0 spiro atoms. The minimum atomic E-state index is 1.10. The van der Waals surface area contributed by atoms with Crippen LogP contribution in [-0.2, 0) is 5.75 Å².